The van der Waals surface area contributed by atoms with E-state index in [0.717, 1.165) is 11.1 Å². The lowest BCUT2D eigenvalue weighted by molar-refractivity contribution is -0.121. The van der Waals surface area contributed by atoms with Crippen LogP contribution in [0.15, 0.2) is 28.8 Å². The molecule has 25 heavy (non-hydrogen) atoms. The van der Waals surface area contributed by atoms with Gasteiger partial charge >= 0.3 is 0 Å². The molecule has 2 atom stereocenters. The third-order valence-electron chi connectivity index (χ3n) is 4.67. The van der Waals surface area contributed by atoms with Crippen LogP contribution in [0.25, 0.3) is 11.4 Å². The molecule has 7 heteroatoms. The normalized spacial score (nSPS) is 22.9. The summed E-state index contributed by atoms with van der Waals surface area (Å²) in [6.07, 6.45) is 0.780. The fourth-order valence-corrected chi connectivity index (χ4v) is 3.06. The first kappa shape index (κ1) is 17.6. The second-order valence-electron chi connectivity index (χ2n) is 6.72. The fraction of sp³-hybridized carbons (Fsp3) is 0.500. The first-order valence-corrected chi connectivity index (χ1v) is 8.70. The Bertz CT molecular complexity index is 720. The molecular formula is C18H25N5O2. The van der Waals surface area contributed by atoms with Crippen molar-refractivity contribution in [3.05, 3.63) is 35.7 Å². The van der Waals surface area contributed by atoms with Crippen LogP contribution in [0, 0.1) is 12.8 Å². The van der Waals surface area contributed by atoms with Gasteiger partial charge in [-0.05, 0) is 26.8 Å². The monoisotopic (exact) mass is 343 g/mol. The molecule has 0 spiro atoms. The van der Waals surface area contributed by atoms with Gasteiger partial charge in [-0.1, -0.05) is 28.9 Å². The Labute approximate surface area is 147 Å². The van der Waals surface area contributed by atoms with Crippen molar-refractivity contribution in [1.29, 1.82) is 0 Å². The van der Waals surface area contributed by atoms with E-state index in [1.165, 1.54) is 0 Å². The van der Waals surface area contributed by atoms with E-state index in [2.05, 4.69) is 40.2 Å². The second-order valence-corrected chi connectivity index (χ2v) is 6.72. The molecule has 2 unspecified atom stereocenters. The number of benzene rings is 1. The Balaban J connectivity index is 1.48. The van der Waals surface area contributed by atoms with Crippen LogP contribution < -0.4 is 16.2 Å². The number of rotatable bonds is 6. The van der Waals surface area contributed by atoms with Crippen molar-refractivity contribution in [2.75, 3.05) is 6.54 Å². The topological polar surface area (TPSA) is 92.1 Å². The summed E-state index contributed by atoms with van der Waals surface area (Å²) in [7, 11) is 0. The van der Waals surface area contributed by atoms with Crippen molar-refractivity contribution in [3.8, 4) is 11.4 Å². The van der Waals surface area contributed by atoms with Gasteiger partial charge in [-0.3, -0.25) is 15.6 Å². The number of carbonyl (C=O) groups excluding carboxylic acids is 1. The zero-order chi connectivity index (χ0) is 17.8. The number of amides is 1. The number of hydrogen-bond acceptors (Lipinski definition) is 6. The minimum atomic E-state index is 0.00149. The molecule has 134 valence electrons. The minimum absolute atomic E-state index is 0.00149. The molecule has 0 radical (unpaired) electrons. The Hall–Kier alpha value is -2.25. The zero-order valence-electron chi connectivity index (χ0n) is 14.9. The predicted octanol–water partition coefficient (Wildman–Crippen LogP) is 1.59. The van der Waals surface area contributed by atoms with Gasteiger partial charge in [-0.2, -0.15) is 4.98 Å². The molecular weight excluding hydrogens is 318 g/mol. The van der Waals surface area contributed by atoms with Gasteiger partial charge in [0.05, 0.1) is 0 Å². The van der Waals surface area contributed by atoms with Crippen molar-refractivity contribution in [3.63, 3.8) is 0 Å². The van der Waals surface area contributed by atoms with Crippen molar-refractivity contribution in [2.24, 2.45) is 5.92 Å². The fourth-order valence-electron chi connectivity index (χ4n) is 3.06. The molecule has 0 saturated carbocycles. The maximum atomic E-state index is 12.1. The molecule has 2 heterocycles. The Morgan fingerprint density at radius 3 is 2.76 bits per heavy atom. The van der Waals surface area contributed by atoms with Crippen molar-refractivity contribution >= 4 is 5.91 Å². The number of aryl methyl sites for hydroxylation is 2. The van der Waals surface area contributed by atoms with Gasteiger partial charge in [0.15, 0.2) is 0 Å². The smallest absolute Gasteiger partial charge is 0.227 e. The molecule has 1 aliphatic rings. The summed E-state index contributed by atoms with van der Waals surface area (Å²) in [6, 6.07) is 8.61. The molecule has 1 aromatic carbocycles. The van der Waals surface area contributed by atoms with Crippen LogP contribution in [-0.4, -0.2) is 34.7 Å². The van der Waals surface area contributed by atoms with Crippen LogP contribution in [0.3, 0.4) is 0 Å². The van der Waals surface area contributed by atoms with E-state index >= 15 is 0 Å². The van der Waals surface area contributed by atoms with Crippen LogP contribution >= 0.6 is 0 Å². The van der Waals surface area contributed by atoms with Gasteiger partial charge in [0.25, 0.3) is 0 Å². The molecule has 0 bridgehead atoms. The SMILES string of the molecule is Cc1cccc(-c2noc(CCC(=O)NCC3C(C)NNC3C)n2)c1. The summed E-state index contributed by atoms with van der Waals surface area (Å²) in [4.78, 5) is 16.4. The highest BCUT2D eigenvalue weighted by molar-refractivity contribution is 5.76. The molecule has 1 saturated heterocycles. The van der Waals surface area contributed by atoms with Crippen molar-refractivity contribution < 1.29 is 9.32 Å². The standard InChI is InChI=1S/C18H25N5O2/c1-11-5-4-6-14(9-11)18-20-17(25-23-18)8-7-16(24)19-10-15-12(2)21-22-13(15)3/h4-6,9,12-13,15,21-22H,7-8,10H2,1-3H3,(H,19,24). The van der Waals surface area contributed by atoms with E-state index in [-0.39, 0.29) is 5.91 Å². The quantitative estimate of drug-likeness (QED) is 0.738. The predicted molar refractivity (Wildman–Crippen MR) is 94.5 cm³/mol. The van der Waals surface area contributed by atoms with Crippen LogP contribution in [-0.2, 0) is 11.2 Å². The maximum absolute atomic E-state index is 12.1. The number of hydrazine groups is 1. The number of aromatic nitrogens is 2. The molecule has 1 amide bonds. The average molecular weight is 343 g/mol. The van der Waals surface area contributed by atoms with Gasteiger partial charge in [-0.15, -0.1) is 0 Å². The number of nitrogens with zero attached hydrogens (tertiary/aromatic N) is 2. The molecule has 1 aliphatic heterocycles. The highest BCUT2D eigenvalue weighted by atomic mass is 16.5. The lowest BCUT2D eigenvalue weighted by atomic mass is 9.97. The molecule has 7 nitrogen and oxygen atoms in total. The summed E-state index contributed by atoms with van der Waals surface area (Å²) >= 11 is 0. The minimum Gasteiger partial charge on any atom is -0.356 e. The number of nitrogens with one attached hydrogen (secondary N) is 3. The average Bonchev–Trinajstić information content (AvgIpc) is 3.19. The molecule has 1 fully saturated rings. The van der Waals surface area contributed by atoms with Gasteiger partial charge in [-0.25, -0.2) is 0 Å². The van der Waals surface area contributed by atoms with E-state index < -0.39 is 0 Å². The third-order valence-corrected chi connectivity index (χ3v) is 4.67. The molecule has 1 aromatic heterocycles. The summed E-state index contributed by atoms with van der Waals surface area (Å²) in [5, 5.41) is 6.99. The van der Waals surface area contributed by atoms with Crippen molar-refractivity contribution in [2.45, 2.75) is 45.7 Å². The molecule has 3 N–H and O–H groups in total. The largest absolute Gasteiger partial charge is 0.356 e. The van der Waals surface area contributed by atoms with E-state index in [1.54, 1.807) is 0 Å². The molecule has 2 aromatic rings. The van der Waals surface area contributed by atoms with Crippen LogP contribution in [0.4, 0.5) is 0 Å². The lowest BCUT2D eigenvalue weighted by Crippen LogP contribution is -2.37. The third kappa shape index (κ3) is 4.43. The summed E-state index contributed by atoms with van der Waals surface area (Å²) in [6.45, 7) is 6.89. The van der Waals surface area contributed by atoms with Gasteiger partial charge in [0.1, 0.15) is 0 Å². The highest BCUT2D eigenvalue weighted by Gasteiger charge is 2.29. The van der Waals surface area contributed by atoms with Crippen LogP contribution in [0.1, 0.15) is 31.7 Å². The first-order chi connectivity index (χ1) is 12.0. The zero-order valence-corrected chi connectivity index (χ0v) is 14.9. The Morgan fingerprint density at radius 2 is 2.04 bits per heavy atom. The van der Waals surface area contributed by atoms with E-state index in [0.29, 0.717) is 49.1 Å². The van der Waals surface area contributed by atoms with Gasteiger partial charge in [0, 0.05) is 43.0 Å². The maximum Gasteiger partial charge on any atom is 0.227 e. The van der Waals surface area contributed by atoms with E-state index in [9.17, 15) is 4.79 Å². The van der Waals surface area contributed by atoms with Crippen LogP contribution in [0.5, 0.6) is 0 Å². The molecule has 0 aliphatic carbocycles. The summed E-state index contributed by atoms with van der Waals surface area (Å²) in [5.74, 6) is 1.42. The Kier molecular flexibility index (Phi) is 5.45. The number of carbonyl (C=O) groups is 1. The molecule has 3 rings (SSSR count). The second kappa shape index (κ2) is 7.76. The van der Waals surface area contributed by atoms with Crippen LogP contribution in [0.2, 0.25) is 0 Å². The summed E-state index contributed by atoms with van der Waals surface area (Å²) < 4.78 is 5.26. The Morgan fingerprint density at radius 1 is 1.28 bits per heavy atom. The van der Waals surface area contributed by atoms with E-state index in [4.69, 9.17) is 4.52 Å². The number of hydrogen-bond donors (Lipinski definition) is 3. The highest BCUT2D eigenvalue weighted by Crippen LogP contribution is 2.17. The van der Waals surface area contributed by atoms with Gasteiger partial charge in [0.2, 0.25) is 17.6 Å². The van der Waals surface area contributed by atoms with Crippen molar-refractivity contribution in [1.82, 2.24) is 26.3 Å². The summed E-state index contributed by atoms with van der Waals surface area (Å²) in [5.41, 5.74) is 8.44. The van der Waals surface area contributed by atoms with E-state index in [1.807, 2.05) is 31.2 Å². The first-order valence-electron chi connectivity index (χ1n) is 8.70. The van der Waals surface area contributed by atoms with Gasteiger partial charge < -0.3 is 9.84 Å². The lowest BCUT2D eigenvalue weighted by Gasteiger charge is -2.18.